The number of hydrogen-bond acceptors (Lipinski definition) is 0. The maximum absolute atomic E-state index is 3.81. The Balaban J connectivity index is 4.54. The van der Waals surface area contributed by atoms with Gasteiger partial charge in [-0.1, -0.05) is 58.1 Å². The summed E-state index contributed by atoms with van der Waals surface area (Å²) in [5.41, 5.74) is 2.72. The van der Waals surface area contributed by atoms with Crippen LogP contribution in [-0.4, -0.2) is 0 Å². The van der Waals surface area contributed by atoms with Crippen LogP contribution in [0.5, 0.6) is 0 Å². The van der Waals surface area contributed by atoms with Crippen molar-refractivity contribution < 1.29 is 0 Å². The molecule has 0 aliphatic rings. The molecule has 0 spiro atoms. The first-order valence-electron chi connectivity index (χ1n) is 4.99. The van der Waals surface area contributed by atoms with Gasteiger partial charge in [-0.25, -0.2) is 0 Å². The van der Waals surface area contributed by atoms with Gasteiger partial charge in [-0.05, 0) is 24.3 Å². The Labute approximate surface area is 83.0 Å². The van der Waals surface area contributed by atoms with Crippen LogP contribution in [0.25, 0.3) is 0 Å². The van der Waals surface area contributed by atoms with Crippen molar-refractivity contribution in [2.75, 3.05) is 0 Å². The van der Waals surface area contributed by atoms with E-state index in [1.807, 2.05) is 6.08 Å². The lowest BCUT2D eigenvalue weighted by Crippen LogP contribution is -1.91. The Morgan fingerprint density at radius 3 is 1.85 bits per heavy atom. The van der Waals surface area contributed by atoms with E-state index in [4.69, 9.17) is 0 Å². The second-order valence-electron chi connectivity index (χ2n) is 4.09. The molecular formula is C13H22. The fourth-order valence-electron chi connectivity index (χ4n) is 0.916. The molecule has 0 fully saturated rings. The van der Waals surface area contributed by atoms with Crippen LogP contribution >= 0.6 is 0 Å². The molecule has 0 aromatic heterocycles. The molecule has 0 N–H and O–H groups in total. The van der Waals surface area contributed by atoms with E-state index < -0.39 is 0 Å². The van der Waals surface area contributed by atoms with E-state index in [-0.39, 0.29) is 0 Å². The minimum absolute atomic E-state index is 0.564. The van der Waals surface area contributed by atoms with Crippen LogP contribution in [-0.2, 0) is 0 Å². The maximum atomic E-state index is 3.81. The van der Waals surface area contributed by atoms with Crippen molar-refractivity contribution >= 4 is 0 Å². The second kappa shape index (κ2) is 5.80. The summed E-state index contributed by atoms with van der Waals surface area (Å²) in [7, 11) is 0. The van der Waals surface area contributed by atoms with Gasteiger partial charge < -0.3 is 0 Å². The van der Waals surface area contributed by atoms with Gasteiger partial charge in [-0.2, -0.15) is 0 Å². The first kappa shape index (κ1) is 12.2. The Morgan fingerprint density at radius 1 is 1.00 bits per heavy atom. The van der Waals surface area contributed by atoms with E-state index in [9.17, 15) is 0 Å². The molecule has 0 bridgehead atoms. The predicted molar refractivity (Wildman–Crippen MR) is 61.7 cm³/mol. The van der Waals surface area contributed by atoms with Gasteiger partial charge in [0.25, 0.3) is 0 Å². The number of rotatable bonds is 4. The third-order valence-corrected chi connectivity index (χ3v) is 2.35. The fourth-order valence-corrected chi connectivity index (χ4v) is 0.916. The van der Waals surface area contributed by atoms with Crippen molar-refractivity contribution in [3.63, 3.8) is 0 Å². The van der Waals surface area contributed by atoms with E-state index in [1.165, 1.54) is 11.1 Å². The predicted octanol–water partition coefficient (Wildman–Crippen LogP) is 4.36. The summed E-state index contributed by atoms with van der Waals surface area (Å²) < 4.78 is 0. The summed E-state index contributed by atoms with van der Waals surface area (Å²) in [5.74, 6) is 1.20. The maximum Gasteiger partial charge on any atom is -0.0219 e. The zero-order valence-electron chi connectivity index (χ0n) is 9.59. The zero-order chi connectivity index (χ0) is 10.4. The summed E-state index contributed by atoms with van der Waals surface area (Å²) in [6.07, 6.45) is 6.31. The molecule has 0 amide bonds. The van der Waals surface area contributed by atoms with E-state index in [0.29, 0.717) is 11.8 Å². The average Bonchev–Trinajstić information content (AvgIpc) is 2.04. The summed E-state index contributed by atoms with van der Waals surface area (Å²) >= 11 is 0. The van der Waals surface area contributed by atoms with Crippen LogP contribution < -0.4 is 0 Å². The third kappa shape index (κ3) is 4.72. The van der Waals surface area contributed by atoms with E-state index in [0.717, 1.165) is 0 Å². The average molecular weight is 178 g/mol. The van der Waals surface area contributed by atoms with Crippen LogP contribution in [0.3, 0.4) is 0 Å². The van der Waals surface area contributed by atoms with Gasteiger partial charge in [0.2, 0.25) is 0 Å². The van der Waals surface area contributed by atoms with E-state index in [2.05, 4.69) is 53.3 Å². The van der Waals surface area contributed by atoms with Gasteiger partial charge in [0.15, 0.2) is 0 Å². The Hall–Kier alpha value is -0.780. The molecule has 0 aromatic rings. The first-order chi connectivity index (χ1) is 5.99. The lowest BCUT2D eigenvalue weighted by Gasteiger charge is -2.06. The standard InChI is InChI=1S/C13H22/c1-7-13(11(4)5)9-8-12(6)10(2)3/h7-11H,1H2,2-6H3/b12-8+,13-9+. The van der Waals surface area contributed by atoms with Crippen molar-refractivity contribution in [1.82, 2.24) is 0 Å². The molecule has 0 aliphatic carbocycles. The smallest absolute Gasteiger partial charge is 0.0219 e. The SMILES string of the molecule is C=C/C(=C\C=C(/C)C(C)C)C(C)C. The molecule has 0 aliphatic heterocycles. The van der Waals surface area contributed by atoms with Crippen LogP contribution in [0.4, 0.5) is 0 Å². The van der Waals surface area contributed by atoms with Crippen molar-refractivity contribution in [3.05, 3.63) is 36.0 Å². The molecule has 0 unspecified atom stereocenters. The number of hydrogen-bond donors (Lipinski definition) is 0. The summed E-state index contributed by atoms with van der Waals surface area (Å²) in [6.45, 7) is 14.8. The number of allylic oxidation sites excluding steroid dienone is 5. The van der Waals surface area contributed by atoms with Gasteiger partial charge in [0.05, 0.1) is 0 Å². The summed E-state index contributed by atoms with van der Waals surface area (Å²) in [6, 6.07) is 0. The highest BCUT2D eigenvalue weighted by atomic mass is 14.0. The van der Waals surface area contributed by atoms with Gasteiger partial charge >= 0.3 is 0 Å². The Morgan fingerprint density at radius 2 is 1.54 bits per heavy atom. The highest BCUT2D eigenvalue weighted by Crippen LogP contribution is 2.13. The molecule has 0 rings (SSSR count). The second-order valence-corrected chi connectivity index (χ2v) is 4.09. The topological polar surface area (TPSA) is 0 Å². The molecule has 0 aromatic carbocycles. The Bertz CT molecular complexity index is 214. The van der Waals surface area contributed by atoms with Crippen molar-refractivity contribution in [1.29, 1.82) is 0 Å². The van der Waals surface area contributed by atoms with Gasteiger partial charge in [-0.3, -0.25) is 0 Å². The highest BCUT2D eigenvalue weighted by Gasteiger charge is 1.97. The lowest BCUT2D eigenvalue weighted by atomic mass is 10.0. The molecule has 0 radical (unpaired) electrons. The van der Waals surface area contributed by atoms with Crippen molar-refractivity contribution in [3.8, 4) is 0 Å². The highest BCUT2D eigenvalue weighted by molar-refractivity contribution is 5.25. The Kier molecular flexibility index (Phi) is 5.45. The minimum Gasteiger partial charge on any atom is -0.0988 e. The third-order valence-electron chi connectivity index (χ3n) is 2.35. The fraction of sp³-hybridized carbons (Fsp3) is 0.538. The molecule has 0 atom stereocenters. The zero-order valence-corrected chi connectivity index (χ0v) is 9.59. The minimum atomic E-state index is 0.564. The normalized spacial score (nSPS) is 14.1. The van der Waals surface area contributed by atoms with Crippen molar-refractivity contribution in [2.45, 2.75) is 34.6 Å². The van der Waals surface area contributed by atoms with Crippen molar-refractivity contribution in [2.24, 2.45) is 11.8 Å². The van der Waals surface area contributed by atoms with Crippen LogP contribution in [0, 0.1) is 11.8 Å². The van der Waals surface area contributed by atoms with Crippen LogP contribution in [0.1, 0.15) is 34.6 Å². The van der Waals surface area contributed by atoms with E-state index in [1.54, 1.807) is 0 Å². The van der Waals surface area contributed by atoms with Gasteiger partial charge in [0.1, 0.15) is 0 Å². The molecule has 0 heterocycles. The van der Waals surface area contributed by atoms with Gasteiger partial charge in [0, 0.05) is 0 Å². The molecule has 0 saturated carbocycles. The first-order valence-corrected chi connectivity index (χ1v) is 4.99. The summed E-state index contributed by atoms with van der Waals surface area (Å²) in [4.78, 5) is 0. The van der Waals surface area contributed by atoms with Crippen LogP contribution in [0.2, 0.25) is 0 Å². The molecular weight excluding hydrogens is 156 g/mol. The van der Waals surface area contributed by atoms with E-state index >= 15 is 0 Å². The monoisotopic (exact) mass is 178 g/mol. The molecule has 13 heavy (non-hydrogen) atoms. The quantitative estimate of drug-likeness (QED) is 0.561. The van der Waals surface area contributed by atoms with Gasteiger partial charge in [-0.15, -0.1) is 0 Å². The molecule has 74 valence electrons. The molecule has 0 heteroatoms. The summed E-state index contributed by atoms with van der Waals surface area (Å²) in [5, 5.41) is 0. The molecule has 0 saturated heterocycles. The lowest BCUT2D eigenvalue weighted by molar-refractivity contribution is 0.766. The largest absolute Gasteiger partial charge is 0.0988 e. The molecule has 0 nitrogen and oxygen atoms in total. The van der Waals surface area contributed by atoms with Crippen LogP contribution in [0.15, 0.2) is 36.0 Å².